The number of hydrogen-bond acceptors (Lipinski definition) is 4. The number of nitrogens with one attached hydrogen (secondary N) is 1. The standard InChI is InChI=1S/C25H24N4O2/c1-17-9-11-20(12-10-17)29-23(28-22-8-4-3-7-21(22)25(29)31)13-14-24(30)27-18(2)19-6-5-15-26-16-19/h3-12,15-16,18H,13-14H2,1-2H3,(H,27,30)/t18-/m0/s1. The summed E-state index contributed by atoms with van der Waals surface area (Å²) < 4.78 is 1.61. The van der Waals surface area contributed by atoms with Crippen molar-refractivity contribution in [3.8, 4) is 5.69 Å². The molecule has 6 heteroatoms. The summed E-state index contributed by atoms with van der Waals surface area (Å²) in [7, 11) is 0. The van der Waals surface area contributed by atoms with Crippen LogP contribution >= 0.6 is 0 Å². The summed E-state index contributed by atoms with van der Waals surface area (Å²) in [6.45, 7) is 3.92. The van der Waals surface area contributed by atoms with Crippen molar-refractivity contribution in [2.45, 2.75) is 32.7 Å². The highest BCUT2D eigenvalue weighted by molar-refractivity contribution is 5.78. The maximum Gasteiger partial charge on any atom is 0.265 e. The number of aryl methyl sites for hydroxylation is 2. The number of aromatic nitrogens is 3. The predicted molar refractivity (Wildman–Crippen MR) is 121 cm³/mol. The Labute approximate surface area is 180 Å². The summed E-state index contributed by atoms with van der Waals surface area (Å²) in [5.74, 6) is 0.464. The molecule has 6 nitrogen and oxygen atoms in total. The van der Waals surface area contributed by atoms with E-state index in [0.717, 1.165) is 16.8 Å². The largest absolute Gasteiger partial charge is 0.350 e. The van der Waals surface area contributed by atoms with Crippen molar-refractivity contribution in [1.82, 2.24) is 19.9 Å². The Bertz CT molecular complexity index is 1260. The molecule has 0 bridgehead atoms. The van der Waals surface area contributed by atoms with Gasteiger partial charge in [-0.25, -0.2) is 4.98 Å². The molecule has 0 spiro atoms. The first-order valence-corrected chi connectivity index (χ1v) is 10.3. The molecule has 0 saturated heterocycles. The van der Waals surface area contributed by atoms with Crippen LogP contribution in [0.2, 0.25) is 0 Å². The average molecular weight is 412 g/mol. The summed E-state index contributed by atoms with van der Waals surface area (Å²) in [5.41, 5.74) is 3.30. The molecule has 2 aromatic heterocycles. The molecule has 1 N–H and O–H groups in total. The van der Waals surface area contributed by atoms with E-state index in [9.17, 15) is 9.59 Å². The Morgan fingerprint density at radius 2 is 1.84 bits per heavy atom. The van der Waals surface area contributed by atoms with Gasteiger partial charge in [-0.1, -0.05) is 35.9 Å². The van der Waals surface area contributed by atoms with Gasteiger partial charge in [-0.2, -0.15) is 0 Å². The van der Waals surface area contributed by atoms with Gasteiger partial charge in [0.25, 0.3) is 5.56 Å². The Kier molecular flexibility index (Phi) is 5.89. The van der Waals surface area contributed by atoms with E-state index in [4.69, 9.17) is 4.98 Å². The quantitative estimate of drug-likeness (QED) is 0.521. The van der Waals surface area contributed by atoms with E-state index in [-0.39, 0.29) is 23.9 Å². The Morgan fingerprint density at radius 3 is 2.58 bits per heavy atom. The average Bonchev–Trinajstić information content (AvgIpc) is 2.79. The van der Waals surface area contributed by atoms with Crippen LogP contribution in [0.3, 0.4) is 0 Å². The van der Waals surface area contributed by atoms with Crippen molar-refractivity contribution in [3.63, 3.8) is 0 Å². The van der Waals surface area contributed by atoms with Crippen LogP contribution in [0.25, 0.3) is 16.6 Å². The first-order chi connectivity index (χ1) is 15.0. The number of amides is 1. The van der Waals surface area contributed by atoms with Gasteiger partial charge >= 0.3 is 0 Å². The van der Waals surface area contributed by atoms with E-state index in [1.165, 1.54) is 0 Å². The number of benzene rings is 2. The molecule has 0 aliphatic heterocycles. The summed E-state index contributed by atoms with van der Waals surface area (Å²) in [6.07, 6.45) is 4.01. The predicted octanol–water partition coefficient (Wildman–Crippen LogP) is 3.90. The molecule has 156 valence electrons. The maximum absolute atomic E-state index is 13.3. The van der Waals surface area contributed by atoms with Gasteiger partial charge in [0.1, 0.15) is 5.82 Å². The molecule has 31 heavy (non-hydrogen) atoms. The number of fused-ring (bicyclic) bond motifs is 1. The normalized spacial score (nSPS) is 11.9. The zero-order valence-electron chi connectivity index (χ0n) is 17.6. The highest BCUT2D eigenvalue weighted by atomic mass is 16.1. The third-order valence-electron chi connectivity index (χ3n) is 5.27. The Balaban J connectivity index is 1.62. The second-order valence-electron chi connectivity index (χ2n) is 7.60. The van der Waals surface area contributed by atoms with Crippen molar-refractivity contribution in [2.24, 2.45) is 0 Å². The van der Waals surface area contributed by atoms with Crippen LogP contribution in [-0.4, -0.2) is 20.4 Å². The molecule has 2 aromatic carbocycles. The number of carbonyl (C=O) groups is 1. The summed E-state index contributed by atoms with van der Waals surface area (Å²) in [5, 5.41) is 3.55. The smallest absolute Gasteiger partial charge is 0.265 e. The summed E-state index contributed by atoms with van der Waals surface area (Å²) in [4.78, 5) is 34.7. The van der Waals surface area contributed by atoms with Crippen molar-refractivity contribution in [1.29, 1.82) is 0 Å². The molecule has 1 amide bonds. The number of rotatable bonds is 6. The van der Waals surface area contributed by atoms with Crippen molar-refractivity contribution < 1.29 is 4.79 Å². The van der Waals surface area contributed by atoms with E-state index in [1.54, 1.807) is 23.0 Å². The van der Waals surface area contributed by atoms with E-state index in [2.05, 4.69) is 10.3 Å². The third-order valence-corrected chi connectivity index (χ3v) is 5.27. The minimum atomic E-state index is -0.148. The Morgan fingerprint density at radius 1 is 1.06 bits per heavy atom. The fourth-order valence-corrected chi connectivity index (χ4v) is 3.56. The lowest BCUT2D eigenvalue weighted by atomic mass is 10.1. The minimum Gasteiger partial charge on any atom is -0.350 e. The number of carbonyl (C=O) groups excluding carboxylic acids is 1. The van der Waals surface area contributed by atoms with Crippen LogP contribution in [0.15, 0.2) is 77.9 Å². The number of hydrogen-bond donors (Lipinski definition) is 1. The third kappa shape index (κ3) is 4.53. The molecule has 4 aromatic rings. The number of nitrogens with zero attached hydrogens (tertiary/aromatic N) is 3. The topological polar surface area (TPSA) is 76.9 Å². The van der Waals surface area contributed by atoms with Crippen LogP contribution in [-0.2, 0) is 11.2 Å². The van der Waals surface area contributed by atoms with Gasteiger partial charge < -0.3 is 5.32 Å². The first-order valence-electron chi connectivity index (χ1n) is 10.3. The van der Waals surface area contributed by atoms with Gasteiger partial charge in [-0.15, -0.1) is 0 Å². The molecule has 0 fully saturated rings. The summed E-state index contributed by atoms with van der Waals surface area (Å²) >= 11 is 0. The van der Waals surface area contributed by atoms with E-state index < -0.39 is 0 Å². The minimum absolute atomic E-state index is 0.103. The SMILES string of the molecule is Cc1ccc(-n2c(CCC(=O)N[C@@H](C)c3cccnc3)nc3ccccc3c2=O)cc1. The second-order valence-corrected chi connectivity index (χ2v) is 7.60. The fraction of sp³-hybridized carbons (Fsp3) is 0.200. The maximum atomic E-state index is 13.3. The van der Waals surface area contributed by atoms with Crippen molar-refractivity contribution in [3.05, 3.63) is 100 Å². The van der Waals surface area contributed by atoms with Crippen LogP contribution in [0.1, 0.15) is 36.3 Å². The molecule has 1 atom stereocenters. The molecule has 4 rings (SSSR count). The molecule has 0 unspecified atom stereocenters. The van der Waals surface area contributed by atoms with Gasteiger partial charge in [0, 0.05) is 25.2 Å². The van der Waals surface area contributed by atoms with Gasteiger partial charge in [-0.05, 0) is 49.7 Å². The van der Waals surface area contributed by atoms with Gasteiger partial charge in [0.05, 0.1) is 22.6 Å². The van der Waals surface area contributed by atoms with Crippen LogP contribution in [0.5, 0.6) is 0 Å². The van der Waals surface area contributed by atoms with E-state index in [1.807, 2.05) is 68.4 Å². The van der Waals surface area contributed by atoms with E-state index >= 15 is 0 Å². The first kappa shape index (κ1) is 20.5. The lowest BCUT2D eigenvalue weighted by Gasteiger charge is -2.16. The highest BCUT2D eigenvalue weighted by Crippen LogP contribution is 2.16. The van der Waals surface area contributed by atoms with Gasteiger partial charge in [0.2, 0.25) is 5.91 Å². The highest BCUT2D eigenvalue weighted by Gasteiger charge is 2.15. The second kappa shape index (κ2) is 8.92. The molecule has 0 aliphatic rings. The van der Waals surface area contributed by atoms with Crippen LogP contribution in [0.4, 0.5) is 0 Å². The number of para-hydroxylation sites is 1. The van der Waals surface area contributed by atoms with Gasteiger partial charge in [0.15, 0.2) is 0 Å². The molecular formula is C25H24N4O2. The molecule has 0 aliphatic carbocycles. The molecule has 0 saturated carbocycles. The monoisotopic (exact) mass is 412 g/mol. The Hall–Kier alpha value is -3.80. The lowest BCUT2D eigenvalue weighted by Crippen LogP contribution is -2.29. The summed E-state index contributed by atoms with van der Waals surface area (Å²) in [6, 6.07) is 18.6. The lowest BCUT2D eigenvalue weighted by molar-refractivity contribution is -0.121. The molecule has 0 radical (unpaired) electrons. The molecular weight excluding hydrogens is 388 g/mol. The van der Waals surface area contributed by atoms with Crippen molar-refractivity contribution >= 4 is 16.8 Å². The van der Waals surface area contributed by atoms with Crippen LogP contribution < -0.4 is 10.9 Å². The fourth-order valence-electron chi connectivity index (χ4n) is 3.56. The van der Waals surface area contributed by atoms with Crippen LogP contribution in [0, 0.1) is 6.92 Å². The van der Waals surface area contributed by atoms with E-state index in [0.29, 0.717) is 23.1 Å². The molecule has 2 heterocycles. The van der Waals surface area contributed by atoms with Gasteiger partial charge in [-0.3, -0.25) is 19.1 Å². The number of pyridine rings is 1. The van der Waals surface area contributed by atoms with Crippen molar-refractivity contribution in [2.75, 3.05) is 0 Å². The zero-order valence-corrected chi connectivity index (χ0v) is 17.6. The zero-order chi connectivity index (χ0) is 21.8.